The smallest absolute Gasteiger partial charge is 0.310 e. The van der Waals surface area contributed by atoms with Crippen LogP contribution in [-0.2, 0) is 9.53 Å². The quantitative estimate of drug-likeness (QED) is 0.264. The summed E-state index contributed by atoms with van der Waals surface area (Å²) < 4.78 is 5.16. The van der Waals surface area contributed by atoms with Crippen LogP contribution >= 0.6 is 24.0 Å². The molecule has 1 N–H and O–H groups in total. The van der Waals surface area contributed by atoms with Gasteiger partial charge in [0.25, 0.3) is 0 Å². The summed E-state index contributed by atoms with van der Waals surface area (Å²) in [6.07, 6.45) is 3.09. The number of nitrogens with one attached hydrogen (secondary N) is 1. The van der Waals surface area contributed by atoms with Crippen molar-refractivity contribution in [1.82, 2.24) is 15.1 Å². The van der Waals surface area contributed by atoms with Crippen molar-refractivity contribution < 1.29 is 9.53 Å². The number of carbonyl (C=O) groups is 1. The number of hydrogen-bond acceptors (Lipinski definition) is 4. The van der Waals surface area contributed by atoms with Gasteiger partial charge >= 0.3 is 5.97 Å². The number of likely N-dealkylation sites (N-methyl/N-ethyl adjacent to an activating group) is 1. The summed E-state index contributed by atoms with van der Waals surface area (Å²) in [5.41, 5.74) is 0. The Morgan fingerprint density at radius 3 is 2.67 bits per heavy atom. The topological polar surface area (TPSA) is 57.2 Å². The van der Waals surface area contributed by atoms with Crippen molar-refractivity contribution in [2.24, 2.45) is 10.9 Å². The van der Waals surface area contributed by atoms with E-state index in [4.69, 9.17) is 4.74 Å². The standard InChI is InChI=1S/C17H34N4O2.HI/c1-5-11-20(6-2)13-10-19-17(18-4)21-12-8-9-15(14-21)16(22)23-7-3;/h15H,5-14H2,1-4H3,(H,18,19);1H. The second-order valence-corrected chi connectivity index (χ2v) is 5.95. The lowest BCUT2D eigenvalue weighted by atomic mass is 9.98. The number of piperidine rings is 1. The van der Waals surface area contributed by atoms with Gasteiger partial charge in [-0.25, -0.2) is 0 Å². The van der Waals surface area contributed by atoms with E-state index in [0.29, 0.717) is 13.2 Å². The number of carbonyl (C=O) groups excluding carboxylic acids is 1. The molecule has 0 spiro atoms. The van der Waals surface area contributed by atoms with Crippen LogP contribution in [0.2, 0.25) is 0 Å². The summed E-state index contributed by atoms with van der Waals surface area (Å²) in [6.45, 7) is 12.4. The van der Waals surface area contributed by atoms with Gasteiger partial charge in [0.1, 0.15) is 0 Å². The number of hydrogen-bond donors (Lipinski definition) is 1. The zero-order valence-electron chi connectivity index (χ0n) is 15.7. The molecule has 0 amide bonds. The molecule has 1 fully saturated rings. The lowest BCUT2D eigenvalue weighted by molar-refractivity contribution is -0.149. The molecule has 1 unspecified atom stereocenters. The molecule has 0 radical (unpaired) electrons. The lowest BCUT2D eigenvalue weighted by Gasteiger charge is -2.34. The molecule has 0 aliphatic carbocycles. The zero-order chi connectivity index (χ0) is 17.1. The average molecular weight is 454 g/mol. The molecule has 0 aromatic rings. The van der Waals surface area contributed by atoms with E-state index >= 15 is 0 Å². The molecule has 0 aromatic carbocycles. The van der Waals surface area contributed by atoms with Gasteiger partial charge in [-0.3, -0.25) is 9.79 Å². The fourth-order valence-corrected chi connectivity index (χ4v) is 3.02. The maximum absolute atomic E-state index is 12.0. The SMILES string of the molecule is CCCN(CC)CCNC(=NC)N1CCCC(C(=O)OCC)C1.I. The summed E-state index contributed by atoms with van der Waals surface area (Å²) in [7, 11) is 1.81. The van der Waals surface area contributed by atoms with Crippen LogP contribution in [0.4, 0.5) is 0 Å². The first kappa shape index (κ1) is 23.4. The molecule has 1 heterocycles. The molecule has 1 rings (SSSR count). The van der Waals surface area contributed by atoms with Gasteiger partial charge in [-0.05, 0) is 39.3 Å². The molecule has 1 aliphatic heterocycles. The fourth-order valence-electron chi connectivity index (χ4n) is 3.02. The molecule has 24 heavy (non-hydrogen) atoms. The molecule has 142 valence electrons. The summed E-state index contributed by atoms with van der Waals surface area (Å²) in [6, 6.07) is 0. The highest BCUT2D eigenvalue weighted by Gasteiger charge is 2.28. The number of halogens is 1. The van der Waals surface area contributed by atoms with Gasteiger partial charge < -0.3 is 19.9 Å². The minimum Gasteiger partial charge on any atom is -0.466 e. The fraction of sp³-hybridized carbons (Fsp3) is 0.882. The van der Waals surface area contributed by atoms with Crippen molar-refractivity contribution >= 4 is 35.9 Å². The number of likely N-dealkylation sites (tertiary alicyclic amines) is 1. The third-order valence-electron chi connectivity index (χ3n) is 4.25. The van der Waals surface area contributed by atoms with Crippen molar-refractivity contribution in [2.45, 2.75) is 40.0 Å². The number of ether oxygens (including phenoxy) is 1. The lowest BCUT2D eigenvalue weighted by Crippen LogP contribution is -2.49. The Labute approximate surface area is 164 Å². The number of aliphatic imine (C=N–C) groups is 1. The normalized spacial score (nSPS) is 18.3. The summed E-state index contributed by atoms with van der Waals surface area (Å²) in [5, 5.41) is 3.44. The van der Waals surface area contributed by atoms with Gasteiger partial charge in [0, 0.05) is 33.2 Å². The van der Waals surface area contributed by atoms with Gasteiger partial charge in [0.2, 0.25) is 0 Å². The van der Waals surface area contributed by atoms with Crippen molar-refractivity contribution in [3.8, 4) is 0 Å². The van der Waals surface area contributed by atoms with Gasteiger partial charge in [0.05, 0.1) is 12.5 Å². The summed E-state index contributed by atoms with van der Waals surface area (Å²) >= 11 is 0. The molecule has 6 nitrogen and oxygen atoms in total. The van der Waals surface area contributed by atoms with Crippen LogP contribution < -0.4 is 5.32 Å². The van der Waals surface area contributed by atoms with E-state index in [-0.39, 0.29) is 35.9 Å². The van der Waals surface area contributed by atoms with E-state index in [0.717, 1.165) is 51.5 Å². The molecule has 1 saturated heterocycles. The summed E-state index contributed by atoms with van der Waals surface area (Å²) in [4.78, 5) is 20.9. The van der Waals surface area contributed by atoms with E-state index in [9.17, 15) is 4.79 Å². The maximum Gasteiger partial charge on any atom is 0.310 e. The third-order valence-corrected chi connectivity index (χ3v) is 4.25. The predicted octanol–water partition coefficient (Wildman–Crippen LogP) is 2.19. The van der Waals surface area contributed by atoms with Crippen LogP contribution in [0.1, 0.15) is 40.0 Å². The van der Waals surface area contributed by atoms with Crippen LogP contribution in [0.15, 0.2) is 4.99 Å². The second-order valence-electron chi connectivity index (χ2n) is 5.95. The second kappa shape index (κ2) is 13.7. The average Bonchev–Trinajstić information content (AvgIpc) is 2.58. The molecule has 7 heteroatoms. The summed E-state index contributed by atoms with van der Waals surface area (Å²) in [5.74, 6) is 0.786. The third kappa shape index (κ3) is 8.00. The van der Waals surface area contributed by atoms with Crippen LogP contribution in [0.3, 0.4) is 0 Å². The number of guanidine groups is 1. The minimum absolute atomic E-state index is 0. The van der Waals surface area contributed by atoms with Crippen LogP contribution in [0, 0.1) is 5.92 Å². The molecule has 0 aromatic heterocycles. The number of rotatable bonds is 8. The van der Waals surface area contributed by atoms with E-state index in [1.807, 2.05) is 6.92 Å². The molecule has 1 aliphatic rings. The van der Waals surface area contributed by atoms with E-state index in [2.05, 4.69) is 34.0 Å². The van der Waals surface area contributed by atoms with E-state index < -0.39 is 0 Å². The van der Waals surface area contributed by atoms with Crippen molar-refractivity contribution in [1.29, 1.82) is 0 Å². The van der Waals surface area contributed by atoms with Gasteiger partial charge in [-0.15, -0.1) is 24.0 Å². The van der Waals surface area contributed by atoms with Gasteiger partial charge in [-0.2, -0.15) is 0 Å². The minimum atomic E-state index is -0.0762. The van der Waals surface area contributed by atoms with Gasteiger partial charge in [0.15, 0.2) is 5.96 Å². The van der Waals surface area contributed by atoms with Crippen LogP contribution in [-0.4, -0.2) is 74.7 Å². The zero-order valence-corrected chi connectivity index (χ0v) is 18.0. The Hall–Kier alpha value is -0.570. The first-order chi connectivity index (χ1) is 11.2. The van der Waals surface area contributed by atoms with E-state index in [1.165, 1.54) is 6.42 Å². The molecule has 0 saturated carbocycles. The highest BCUT2D eigenvalue weighted by Crippen LogP contribution is 2.18. The molecule has 0 bridgehead atoms. The van der Waals surface area contributed by atoms with Crippen molar-refractivity contribution in [3.05, 3.63) is 0 Å². The Kier molecular flexibility index (Phi) is 13.4. The Balaban J connectivity index is 0.00000529. The van der Waals surface area contributed by atoms with Gasteiger partial charge in [-0.1, -0.05) is 13.8 Å². The first-order valence-electron chi connectivity index (χ1n) is 9.00. The first-order valence-corrected chi connectivity index (χ1v) is 9.00. The van der Waals surface area contributed by atoms with Crippen LogP contribution in [0.5, 0.6) is 0 Å². The van der Waals surface area contributed by atoms with Crippen molar-refractivity contribution in [2.75, 3.05) is 52.9 Å². The highest BCUT2D eigenvalue weighted by molar-refractivity contribution is 14.0. The largest absolute Gasteiger partial charge is 0.466 e. The Morgan fingerprint density at radius 2 is 2.08 bits per heavy atom. The molecule has 1 atom stereocenters. The van der Waals surface area contributed by atoms with Crippen LogP contribution in [0.25, 0.3) is 0 Å². The Morgan fingerprint density at radius 1 is 1.33 bits per heavy atom. The van der Waals surface area contributed by atoms with Crippen molar-refractivity contribution in [3.63, 3.8) is 0 Å². The Bertz CT molecular complexity index is 380. The monoisotopic (exact) mass is 454 g/mol. The van der Waals surface area contributed by atoms with E-state index in [1.54, 1.807) is 7.05 Å². The highest BCUT2D eigenvalue weighted by atomic mass is 127. The maximum atomic E-state index is 12.0. The molecular formula is C17H35IN4O2. The predicted molar refractivity (Wildman–Crippen MR) is 110 cm³/mol. The number of nitrogens with zero attached hydrogens (tertiary/aromatic N) is 3. The number of esters is 1. The molecular weight excluding hydrogens is 419 g/mol.